The van der Waals surface area contributed by atoms with Crippen molar-refractivity contribution in [3.8, 4) is 0 Å². The Morgan fingerprint density at radius 2 is 2.00 bits per heavy atom. The molecular formula is C20H24FN3OS2. The standard InChI is InChI=1S/C20H24FN3OS2/c1-12-7-8-16(15(21)11-12)22-17-13(2)19(25)24-9-10-26-20(24)18(17)23-27-14-5-3-4-6-14/h7-8,11,14,22-23H,3-6,9-10H2,1-2H3. The number of nitrogens with zero attached hydrogens (tertiary/aromatic N) is 1. The highest BCUT2D eigenvalue weighted by atomic mass is 32.2. The lowest BCUT2D eigenvalue weighted by atomic mass is 10.1. The molecule has 2 heterocycles. The van der Waals surface area contributed by atoms with Gasteiger partial charge >= 0.3 is 0 Å². The molecule has 27 heavy (non-hydrogen) atoms. The molecule has 2 aliphatic rings. The Kier molecular flexibility index (Phi) is 5.41. The van der Waals surface area contributed by atoms with Crippen LogP contribution in [0.1, 0.15) is 36.8 Å². The van der Waals surface area contributed by atoms with Crippen LogP contribution in [-0.2, 0) is 6.54 Å². The summed E-state index contributed by atoms with van der Waals surface area (Å²) < 4.78 is 19.8. The first kappa shape index (κ1) is 18.7. The fourth-order valence-electron chi connectivity index (χ4n) is 3.67. The van der Waals surface area contributed by atoms with Gasteiger partial charge in [-0.15, -0.1) is 11.8 Å². The zero-order chi connectivity index (χ0) is 19.0. The van der Waals surface area contributed by atoms with Crippen LogP contribution in [0.4, 0.5) is 21.5 Å². The zero-order valence-corrected chi connectivity index (χ0v) is 17.2. The summed E-state index contributed by atoms with van der Waals surface area (Å²) in [5, 5.41) is 4.75. The van der Waals surface area contributed by atoms with E-state index in [-0.39, 0.29) is 11.4 Å². The SMILES string of the molecule is Cc1ccc(Nc2c(NSC3CCCC3)c3n(c(=O)c2C)CCS3)c(F)c1. The molecule has 0 spiro atoms. The van der Waals surface area contributed by atoms with Crippen LogP contribution in [0.25, 0.3) is 0 Å². The molecule has 2 N–H and O–H groups in total. The molecule has 0 saturated heterocycles. The summed E-state index contributed by atoms with van der Waals surface area (Å²) in [5.41, 5.74) is 3.48. The van der Waals surface area contributed by atoms with Gasteiger partial charge in [0.25, 0.3) is 5.56 Å². The number of rotatable bonds is 5. The third-order valence-corrected chi connectivity index (χ3v) is 7.43. The van der Waals surface area contributed by atoms with E-state index in [0.717, 1.165) is 28.6 Å². The Labute approximate surface area is 167 Å². The second-order valence-corrected chi connectivity index (χ2v) is 9.41. The van der Waals surface area contributed by atoms with Crippen molar-refractivity contribution in [3.63, 3.8) is 0 Å². The fraction of sp³-hybridized carbons (Fsp3) is 0.450. The smallest absolute Gasteiger partial charge is 0.256 e. The third kappa shape index (κ3) is 3.72. The quantitative estimate of drug-likeness (QED) is 0.647. The molecule has 1 saturated carbocycles. The summed E-state index contributed by atoms with van der Waals surface area (Å²) in [6, 6.07) is 5.11. The number of hydrogen-bond acceptors (Lipinski definition) is 5. The number of pyridine rings is 1. The van der Waals surface area contributed by atoms with E-state index in [2.05, 4.69) is 10.0 Å². The van der Waals surface area contributed by atoms with E-state index < -0.39 is 0 Å². The van der Waals surface area contributed by atoms with E-state index >= 15 is 0 Å². The van der Waals surface area contributed by atoms with Gasteiger partial charge in [0.1, 0.15) is 10.8 Å². The van der Waals surface area contributed by atoms with Gasteiger partial charge in [-0.2, -0.15) is 0 Å². The third-order valence-electron chi connectivity index (χ3n) is 5.22. The summed E-state index contributed by atoms with van der Waals surface area (Å²) in [7, 11) is 0. The van der Waals surface area contributed by atoms with Crippen molar-refractivity contribution in [2.45, 2.75) is 56.4 Å². The molecule has 0 bridgehead atoms. The Morgan fingerprint density at radius 1 is 1.22 bits per heavy atom. The monoisotopic (exact) mass is 405 g/mol. The molecule has 7 heteroatoms. The fourth-order valence-corrected chi connectivity index (χ4v) is 5.88. The number of benzene rings is 1. The lowest BCUT2D eigenvalue weighted by molar-refractivity contribution is 0.630. The molecule has 2 aromatic rings. The van der Waals surface area contributed by atoms with Gasteiger partial charge in [-0.3, -0.25) is 4.79 Å². The first-order valence-corrected chi connectivity index (χ1v) is 11.3. The number of thioether (sulfide) groups is 1. The Hall–Kier alpha value is -1.60. The lowest BCUT2D eigenvalue weighted by Gasteiger charge is -2.21. The number of fused-ring (bicyclic) bond motifs is 1. The number of halogens is 1. The summed E-state index contributed by atoms with van der Waals surface area (Å²) in [6.07, 6.45) is 4.99. The van der Waals surface area contributed by atoms with Crippen molar-refractivity contribution >= 4 is 40.8 Å². The summed E-state index contributed by atoms with van der Waals surface area (Å²) in [6.45, 7) is 4.40. The highest BCUT2D eigenvalue weighted by Gasteiger charge is 2.25. The normalized spacial score (nSPS) is 16.6. The van der Waals surface area contributed by atoms with Crippen molar-refractivity contribution in [2.75, 3.05) is 15.8 Å². The highest BCUT2D eigenvalue weighted by Crippen LogP contribution is 2.42. The molecule has 1 fully saturated rings. The minimum absolute atomic E-state index is 0.00133. The van der Waals surface area contributed by atoms with E-state index in [1.807, 2.05) is 24.5 Å². The number of aromatic nitrogens is 1. The zero-order valence-electron chi connectivity index (χ0n) is 15.6. The van der Waals surface area contributed by atoms with Crippen molar-refractivity contribution in [2.24, 2.45) is 0 Å². The molecular weight excluding hydrogens is 381 g/mol. The summed E-state index contributed by atoms with van der Waals surface area (Å²) in [5.74, 6) is 0.580. The molecule has 0 amide bonds. The average Bonchev–Trinajstić information content (AvgIpc) is 3.32. The molecule has 1 aliphatic carbocycles. The van der Waals surface area contributed by atoms with Crippen molar-refractivity contribution < 1.29 is 4.39 Å². The van der Waals surface area contributed by atoms with Crippen LogP contribution in [0.3, 0.4) is 0 Å². The van der Waals surface area contributed by atoms with Crippen LogP contribution in [0.2, 0.25) is 0 Å². The molecule has 1 aromatic carbocycles. The van der Waals surface area contributed by atoms with Crippen LogP contribution in [0.15, 0.2) is 28.0 Å². The second-order valence-electron chi connectivity index (χ2n) is 7.22. The minimum atomic E-state index is -0.308. The summed E-state index contributed by atoms with van der Waals surface area (Å²) >= 11 is 3.42. The number of nitrogens with one attached hydrogen (secondary N) is 2. The van der Waals surface area contributed by atoms with Gasteiger partial charge in [0.2, 0.25) is 0 Å². The minimum Gasteiger partial charge on any atom is -0.351 e. The maximum Gasteiger partial charge on any atom is 0.256 e. The molecule has 144 valence electrons. The van der Waals surface area contributed by atoms with Gasteiger partial charge in [-0.25, -0.2) is 4.39 Å². The van der Waals surface area contributed by atoms with Gasteiger partial charge in [0.05, 0.1) is 17.1 Å². The largest absolute Gasteiger partial charge is 0.351 e. The maximum absolute atomic E-state index is 14.4. The van der Waals surface area contributed by atoms with E-state index in [1.165, 1.54) is 31.7 Å². The van der Waals surface area contributed by atoms with Crippen LogP contribution >= 0.6 is 23.7 Å². The van der Waals surface area contributed by atoms with Crippen molar-refractivity contribution in [1.29, 1.82) is 0 Å². The summed E-state index contributed by atoms with van der Waals surface area (Å²) in [4.78, 5) is 12.8. The van der Waals surface area contributed by atoms with Gasteiger partial charge in [-0.1, -0.05) is 18.9 Å². The molecule has 0 radical (unpaired) electrons. The molecule has 1 aliphatic heterocycles. The average molecular weight is 406 g/mol. The highest BCUT2D eigenvalue weighted by molar-refractivity contribution is 8.01. The topological polar surface area (TPSA) is 46.1 Å². The first-order chi connectivity index (χ1) is 13.0. The van der Waals surface area contributed by atoms with Gasteiger partial charge in [0.15, 0.2) is 0 Å². The number of hydrogen-bond donors (Lipinski definition) is 2. The van der Waals surface area contributed by atoms with Crippen LogP contribution in [0, 0.1) is 19.7 Å². The Bertz CT molecular complexity index is 922. The molecule has 4 nitrogen and oxygen atoms in total. The predicted molar refractivity (Wildman–Crippen MR) is 114 cm³/mol. The Morgan fingerprint density at radius 3 is 2.74 bits per heavy atom. The molecule has 0 unspecified atom stereocenters. The van der Waals surface area contributed by atoms with Crippen LogP contribution < -0.4 is 15.6 Å². The van der Waals surface area contributed by atoms with Crippen LogP contribution in [-0.4, -0.2) is 15.6 Å². The molecule has 1 aromatic heterocycles. The van der Waals surface area contributed by atoms with E-state index in [9.17, 15) is 9.18 Å². The van der Waals surface area contributed by atoms with E-state index in [4.69, 9.17) is 0 Å². The number of aryl methyl sites for hydroxylation is 1. The first-order valence-electron chi connectivity index (χ1n) is 9.39. The van der Waals surface area contributed by atoms with Gasteiger partial charge in [-0.05, 0) is 56.3 Å². The predicted octanol–water partition coefficient (Wildman–Crippen LogP) is 5.46. The molecule has 4 rings (SSSR count). The van der Waals surface area contributed by atoms with Gasteiger partial charge < -0.3 is 14.6 Å². The second kappa shape index (κ2) is 7.80. The van der Waals surface area contributed by atoms with E-state index in [0.29, 0.717) is 22.2 Å². The van der Waals surface area contributed by atoms with Crippen molar-refractivity contribution in [1.82, 2.24) is 4.57 Å². The van der Waals surface area contributed by atoms with Gasteiger partial charge in [0, 0.05) is 23.1 Å². The van der Waals surface area contributed by atoms with Crippen molar-refractivity contribution in [3.05, 3.63) is 45.5 Å². The maximum atomic E-state index is 14.4. The van der Waals surface area contributed by atoms with Crippen LogP contribution in [0.5, 0.6) is 0 Å². The number of anilines is 3. The molecule has 0 atom stereocenters. The lowest BCUT2D eigenvalue weighted by Crippen LogP contribution is -2.24. The Balaban J connectivity index is 1.74. The van der Waals surface area contributed by atoms with E-state index in [1.54, 1.807) is 29.8 Å².